The van der Waals surface area contributed by atoms with Crippen LogP contribution in [0.15, 0.2) is 0 Å². The highest BCUT2D eigenvalue weighted by molar-refractivity contribution is 5.69. The third-order valence-electron chi connectivity index (χ3n) is 5.89. The van der Waals surface area contributed by atoms with Crippen molar-refractivity contribution in [1.29, 1.82) is 0 Å². The summed E-state index contributed by atoms with van der Waals surface area (Å²) in [5.41, 5.74) is 0. The van der Waals surface area contributed by atoms with Crippen molar-refractivity contribution in [3.63, 3.8) is 0 Å². The van der Waals surface area contributed by atoms with Gasteiger partial charge in [0, 0.05) is 48.5 Å². The average Bonchev–Trinajstić information content (AvgIpc) is 2.87. The molecule has 2 heterocycles. The van der Waals surface area contributed by atoms with E-state index in [0.29, 0.717) is 0 Å². The molecule has 44 heavy (non-hydrogen) atoms. The van der Waals surface area contributed by atoms with Crippen LogP contribution in [0.1, 0.15) is 48.5 Å². The smallest absolute Gasteiger partial charge is 0.303 e. The molecular weight excluding hydrogens is 600 g/mol. The number of carbonyl (C=O) groups is 7. The van der Waals surface area contributed by atoms with E-state index in [1.54, 1.807) is 0 Å². The van der Waals surface area contributed by atoms with Gasteiger partial charge in [-0.1, -0.05) is 0 Å². The molecule has 2 aliphatic rings. The quantitative estimate of drug-likeness (QED) is 0.203. The molecule has 2 saturated heterocycles. The van der Waals surface area contributed by atoms with Gasteiger partial charge in [-0.25, -0.2) is 0 Å². The third-order valence-corrected chi connectivity index (χ3v) is 5.89. The third kappa shape index (κ3) is 10.7. The summed E-state index contributed by atoms with van der Waals surface area (Å²) in [5, 5.41) is 10.6. The molecule has 0 aliphatic carbocycles. The van der Waals surface area contributed by atoms with Gasteiger partial charge < -0.3 is 52.5 Å². The van der Waals surface area contributed by atoms with Crippen molar-refractivity contribution in [3.05, 3.63) is 0 Å². The first kappa shape index (κ1) is 36.3. The Bertz CT molecular complexity index is 1090. The van der Waals surface area contributed by atoms with Crippen LogP contribution in [-0.2, 0) is 80.9 Å². The van der Waals surface area contributed by atoms with Gasteiger partial charge >= 0.3 is 41.8 Å². The lowest BCUT2D eigenvalue weighted by atomic mass is 9.97. The van der Waals surface area contributed by atoms with Gasteiger partial charge in [-0.15, -0.1) is 0 Å². The van der Waals surface area contributed by atoms with E-state index in [0.717, 1.165) is 48.5 Å². The Balaban J connectivity index is 2.48. The maximum Gasteiger partial charge on any atom is 0.303 e. The van der Waals surface area contributed by atoms with Gasteiger partial charge in [0.15, 0.2) is 49.2 Å². The summed E-state index contributed by atoms with van der Waals surface area (Å²) in [5.74, 6) is -5.94. The summed E-state index contributed by atoms with van der Waals surface area (Å²) < 4.78 is 53.7. The van der Waals surface area contributed by atoms with Gasteiger partial charge in [0.25, 0.3) is 0 Å². The number of aliphatic hydroxyl groups excluding tert-OH is 1. The van der Waals surface area contributed by atoms with Crippen LogP contribution in [0.4, 0.5) is 0 Å². The fourth-order valence-electron chi connectivity index (χ4n) is 4.52. The zero-order chi connectivity index (χ0) is 33.3. The lowest BCUT2D eigenvalue weighted by Gasteiger charge is -2.45. The Morgan fingerprint density at radius 2 is 0.841 bits per heavy atom. The van der Waals surface area contributed by atoms with Gasteiger partial charge in [-0.05, 0) is 0 Å². The van der Waals surface area contributed by atoms with Crippen molar-refractivity contribution < 1.29 is 86.0 Å². The molecule has 2 fully saturated rings. The van der Waals surface area contributed by atoms with E-state index < -0.39 is 116 Å². The Hall–Kier alpha value is -3.87. The fraction of sp³-hybridized carbons (Fsp3) is 0.731. The maximum absolute atomic E-state index is 12.1. The highest BCUT2D eigenvalue weighted by atomic mass is 16.7. The molecular formula is C26H36O18. The largest absolute Gasteiger partial charge is 0.463 e. The van der Waals surface area contributed by atoms with E-state index in [1.807, 2.05) is 0 Å². The van der Waals surface area contributed by atoms with Gasteiger partial charge in [-0.2, -0.15) is 0 Å². The molecule has 2 rings (SSSR count). The second-order valence-electron chi connectivity index (χ2n) is 9.69. The molecule has 18 nitrogen and oxygen atoms in total. The summed E-state index contributed by atoms with van der Waals surface area (Å²) in [4.78, 5) is 83.0. The summed E-state index contributed by atoms with van der Waals surface area (Å²) >= 11 is 0. The molecule has 0 amide bonds. The lowest BCUT2D eigenvalue weighted by molar-refractivity contribution is -0.330. The van der Waals surface area contributed by atoms with E-state index >= 15 is 0 Å². The molecule has 0 aromatic rings. The summed E-state index contributed by atoms with van der Waals surface area (Å²) in [6.07, 6.45) is -15.6. The van der Waals surface area contributed by atoms with Crippen molar-refractivity contribution >= 4 is 41.8 Å². The van der Waals surface area contributed by atoms with E-state index in [1.165, 1.54) is 0 Å². The van der Waals surface area contributed by atoms with Crippen molar-refractivity contribution in [2.24, 2.45) is 0 Å². The Morgan fingerprint density at radius 1 is 0.477 bits per heavy atom. The van der Waals surface area contributed by atoms with Crippen LogP contribution >= 0.6 is 0 Å². The summed E-state index contributed by atoms with van der Waals surface area (Å²) in [6, 6.07) is 0. The standard InChI is InChI=1S/C26H36O18/c1-10(27)35-8-18-20(38-12(3)29)22(40-14(5)31)24(42-16(7)33)26(44-18)36-9-17-19(37-11(2)28)21(39-13(4)30)23(25(34)43-17)41-15(6)32/h17-26,34H,8-9H2,1-7H3/t17-,18-,19+,20+,21+,22+,23+,24+,25+,26+/m0/s1. The van der Waals surface area contributed by atoms with Gasteiger partial charge in [0.1, 0.15) is 18.8 Å². The van der Waals surface area contributed by atoms with Crippen LogP contribution in [0.25, 0.3) is 0 Å². The number of hydrogen-bond donors (Lipinski definition) is 1. The number of rotatable bonds is 11. The van der Waals surface area contributed by atoms with Crippen molar-refractivity contribution in [2.45, 2.75) is 110 Å². The number of ether oxygens (including phenoxy) is 10. The molecule has 18 heteroatoms. The second-order valence-corrected chi connectivity index (χ2v) is 9.69. The van der Waals surface area contributed by atoms with Crippen molar-refractivity contribution in [1.82, 2.24) is 0 Å². The number of hydrogen-bond acceptors (Lipinski definition) is 18. The average molecular weight is 637 g/mol. The molecule has 1 N–H and O–H groups in total. The van der Waals surface area contributed by atoms with E-state index in [-0.39, 0.29) is 0 Å². The fourth-order valence-corrected chi connectivity index (χ4v) is 4.52. The minimum atomic E-state index is -1.90. The number of carbonyl (C=O) groups excluding carboxylic acids is 7. The van der Waals surface area contributed by atoms with Gasteiger partial charge in [0.05, 0.1) is 6.61 Å². The molecule has 10 atom stereocenters. The summed E-state index contributed by atoms with van der Waals surface area (Å²) in [7, 11) is 0. The Kier molecular flexibility index (Phi) is 13.4. The predicted molar refractivity (Wildman–Crippen MR) is 135 cm³/mol. The highest BCUT2D eigenvalue weighted by Crippen LogP contribution is 2.32. The number of aliphatic hydroxyl groups is 1. The monoisotopic (exact) mass is 636 g/mol. The van der Waals surface area contributed by atoms with E-state index in [2.05, 4.69) is 0 Å². The Morgan fingerprint density at radius 3 is 1.27 bits per heavy atom. The summed E-state index contributed by atoms with van der Waals surface area (Å²) in [6.45, 7) is 6.15. The van der Waals surface area contributed by atoms with Crippen LogP contribution in [0, 0.1) is 0 Å². The van der Waals surface area contributed by atoms with Crippen LogP contribution in [0.5, 0.6) is 0 Å². The van der Waals surface area contributed by atoms with Gasteiger partial charge in [-0.3, -0.25) is 33.6 Å². The molecule has 0 saturated carbocycles. The van der Waals surface area contributed by atoms with Crippen molar-refractivity contribution in [3.8, 4) is 0 Å². The van der Waals surface area contributed by atoms with Gasteiger partial charge in [0.2, 0.25) is 0 Å². The van der Waals surface area contributed by atoms with Crippen LogP contribution < -0.4 is 0 Å². The molecule has 0 spiro atoms. The first-order chi connectivity index (χ1) is 20.5. The molecule has 0 aromatic carbocycles. The molecule has 2 aliphatic heterocycles. The predicted octanol–water partition coefficient (Wildman–Crippen LogP) is -1.40. The lowest BCUT2D eigenvalue weighted by Crippen LogP contribution is -2.64. The maximum atomic E-state index is 12.1. The van der Waals surface area contributed by atoms with Crippen LogP contribution in [0.2, 0.25) is 0 Å². The first-order valence-corrected chi connectivity index (χ1v) is 13.3. The van der Waals surface area contributed by atoms with E-state index in [4.69, 9.17) is 47.4 Å². The highest BCUT2D eigenvalue weighted by Gasteiger charge is 2.55. The minimum absolute atomic E-state index is 0.523. The zero-order valence-electron chi connectivity index (χ0n) is 25.1. The topological polar surface area (TPSA) is 232 Å². The molecule has 0 unspecified atom stereocenters. The Labute approximate surface area is 251 Å². The van der Waals surface area contributed by atoms with E-state index in [9.17, 15) is 38.7 Å². The zero-order valence-corrected chi connectivity index (χ0v) is 25.1. The second kappa shape index (κ2) is 16.3. The molecule has 0 radical (unpaired) electrons. The van der Waals surface area contributed by atoms with Crippen LogP contribution in [0.3, 0.4) is 0 Å². The molecule has 0 aromatic heterocycles. The minimum Gasteiger partial charge on any atom is -0.463 e. The first-order valence-electron chi connectivity index (χ1n) is 13.3. The molecule has 248 valence electrons. The number of esters is 7. The van der Waals surface area contributed by atoms with Crippen molar-refractivity contribution in [2.75, 3.05) is 13.2 Å². The van der Waals surface area contributed by atoms with Crippen LogP contribution in [-0.4, -0.2) is 122 Å². The SMILES string of the molecule is CC(=O)OC[C@@H]1O[C@@H](OC[C@@H]2O[C@@H](O)[C@H](OC(C)=O)[C@H](OC(C)=O)[C@@H]2OC(C)=O)[C@H](OC(C)=O)[C@H](OC(C)=O)[C@@H]1OC(C)=O. The molecule has 0 bridgehead atoms. The normalized spacial score (nSPS) is 31.5.